The van der Waals surface area contributed by atoms with E-state index in [0.717, 1.165) is 41.8 Å². The number of nitrogens with zero attached hydrogens (tertiary/aromatic N) is 3. The van der Waals surface area contributed by atoms with Gasteiger partial charge in [-0.25, -0.2) is 0 Å². The van der Waals surface area contributed by atoms with Gasteiger partial charge in [-0.1, -0.05) is 39.0 Å². The normalized spacial score (nSPS) is 16.8. The van der Waals surface area contributed by atoms with Gasteiger partial charge in [0.2, 0.25) is 0 Å². The van der Waals surface area contributed by atoms with Crippen molar-refractivity contribution in [3.05, 3.63) is 52.3 Å². The minimum absolute atomic E-state index is 0.0189. The van der Waals surface area contributed by atoms with Crippen molar-refractivity contribution >= 4 is 5.97 Å². The second-order valence-electron chi connectivity index (χ2n) is 8.07. The van der Waals surface area contributed by atoms with E-state index in [9.17, 15) is 15.2 Å². The van der Waals surface area contributed by atoms with Gasteiger partial charge in [0.1, 0.15) is 0 Å². The fourth-order valence-electron chi connectivity index (χ4n) is 3.89. The van der Waals surface area contributed by atoms with Crippen LogP contribution in [0.4, 0.5) is 0 Å². The van der Waals surface area contributed by atoms with Gasteiger partial charge >= 0.3 is 5.97 Å². The van der Waals surface area contributed by atoms with Crippen molar-refractivity contribution < 1.29 is 9.90 Å². The van der Waals surface area contributed by atoms with E-state index >= 15 is 0 Å². The van der Waals surface area contributed by atoms with Gasteiger partial charge in [0.05, 0.1) is 30.3 Å². The molecule has 0 saturated carbocycles. The third-order valence-electron chi connectivity index (χ3n) is 5.06. The second-order valence-corrected chi connectivity index (χ2v) is 8.07. The molecule has 0 fully saturated rings. The third-order valence-corrected chi connectivity index (χ3v) is 5.06. The van der Waals surface area contributed by atoms with Crippen LogP contribution in [-0.2, 0) is 23.2 Å². The van der Waals surface area contributed by atoms with E-state index in [1.165, 1.54) is 0 Å². The quantitative estimate of drug-likeness (QED) is 0.903. The molecule has 1 aromatic carbocycles. The van der Waals surface area contributed by atoms with Crippen LogP contribution in [0.5, 0.6) is 0 Å². The zero-order chi connectivity index (χ0) is 18.9. The first-order chi connectivity index (χ1) is 12.3. The molecule has 3 rings (SSSR count). The smallest absolute Gasteiger partial charge is 0.303 e. The number of carboxylic acids is 1. The Morgan fingerprint density at radius 1 is 1.38 bits per heavy atom. The number of benzene rings is 1. The first-order valence-corrected chi connectivity index (χ1v) is 9.11. The first-order valence-electron chi connectivity index (χ1n) is 9.11. The molecule has 0 bridgehead atoms. The SMILES string of the molecule is CC(C)(C)c1nn(Cc2ccccc2C#N)c2c1C(CC(=O)O)CCC2. The predicted octanol–water partition coefficient (Wildman–Crippen LogP) is 4.00. The summed E-state index contributed by atoms with van der Waals surface area (Å²) in [5, 5.41) is 23.6. The monoisotopic (exact) mass is 351 g/mol. The molecule has 1 atom stereocenters. The van der Waals surface area contributed by atoms with Crippen LogP contribution < -0.4 is 0 Å². The van der Waals surface area contributed by atoms with Crippen LogP contribution in [0.2, 0.25) is 0 Å². The molecule has 1 unspecified atom stereocenters. The van der Waals surface area contributed by atoms with E-state index in [4.69, 9.17) is 5.10 Å². The molecule has 5 heteroatoms. The van der Waals surface area contributed by atoms with Crippen molar-refractivity contribution in [2.45, 2.75) is 64.3 Å². The molecule has 1 N–H and O–H groups in total. The van der Waals surface area contributed by atoms with Crippen molar-refractivity contribution in [2.75, 3.05) is 0 Å². The standard InChI is InChI=1S/C21H25N3O2/c1-21(2,3)20-19-14(11-18(25)26)9-6-10-17(19)24(23-20)13-16-8-5-4-7-15(16)12-22/h4-5,7-8,14H,6,9-11,13H2,1-3H3,(H,25,26). The highest BCUT2D eigenvalue weighted by Crippen LogP contribution is 2.40. The topological polar surface area (TPSA) is 78.9 Å². The Bertz CT molecular complexity index is 868. The lowest BCUT2D eigenvalue weighted by molar-refractivity contribution is -0.137. The van der Waals surface area contributed by atoms with Gasteiger partial charge < -0.3 is 5.11 Å². The summed E-state index contributed by atoms with van der Waals surface area (Å²) in [7, 11) is 0. The van der Waals surface area contributed by atoms with Gasteiger partial charge in [0, 0.05) is 16.7 Å². The van der Waals surface area contributed by atoms with E-state index in [1.54, 1.807) is 0 Å². The zero-order valence-electron chi connectivity index (χ0n) is 15.6. The Balaban J connectivity index is 2.09. The van der Waals surface area contributed by atoms with Crippen LogP contribution in [-0.4, -0.2) is 20.9 Å². The largest absolute Gasteiger partial charge is 0.481 e. The van der Waals surface area contributed by atoms with Crippen molar-refractivity contribution in [1.82, 2.24) is 9.78 Å². The van der Waals surface area contributed by atoms with Gasteiger partial charge in [0.25, 0.3) is 0 Å². The minimum Gasteiger partial charge on any atom is -0.481 e. The van der Waals surface area contributed by atoms with Crippen LogP contribution in [0.1, 0.15) is 74.0 Å². The number of carboxylic acid groups (broad SMARTS) is 1. The van der Waals surface area contributed by atoms with Crippen LogP contribution in [0.25, 0.3) is 0 Å². The molecule has 0 saturated heterocycles. The summed E-state index contributed by atoms with van der Waals surface area (Å²) in [6, 6.07) is 9.83. The van der Waals surface area contributed by atoms with Crippen LogP contribution in [0, 0.1) is 11.3 Å². The summed E-state index contributed by atoms with van der Waals surface area (Å²) in [5.74, 6) is -0.740. The molecule has 5 nitrogen and oxygen atoms in total. The number of nitriles is 1. The van der Waals surface area contributed by atoms with Crippen molar-refractivity contribution in [1.29, 1.82) is 5.26 Å². The fourth-order valence-corrected chi connectivity index (χ4v) is 3.89. The Morgan fingerprint density at radius 3 is 2.77 bits per heavy atom. The zero-order valence-corrected chi connectivity index (χ0v) is 15.6. The summed E-state index contributed by atoms with van der Waals surface area (Å²) in [5.41, 5.74) is 4.71. The van der Waals surface area contributed by atoms with Crippen LogP contribution in [0.3, 0.4) is 0 Å². The molecule has 1 aliphatic rings. The maximum Gasteiger partial charge on any atom is 0.303 e. The van der Waals surface area contributed by atoms with Crippen LogP contribution in [0.15, 0.2) is 24.3 Å². The Kier molecular flexibility index (Phi) is 4.86. The highest BCUT2D eigenvalue weighted by molar-refractivity contribution is 5.68. The highest BCUT2D eigenvalue weighted by Gasteiger charge is 2.34. The molecular formula is C21H25N3O2. The lowest BCUT2D eigenvalue weighted by Gasteiger charge is -2.26. The molecule has 0 aliphatic heterocycles. The summed E-state index contributed by atoms with van der Waals surface area (Å²) in [6.07, 6.45) is 2.92. The lowest BCUT2D eigenvalue weighted by atomic mass is 9.78. The summed E-state index contributed by atoms with van der Waals surface area (Å²) >= 11 is 0. The molecular weight excluding hydrogens is 326 g/mol. The second kappa shape index (κ2) is 6.95. The lowest BCUT2D eigenvalue weighted by Crippen LogP contribution is -2.20. The molecule has 1 aliphatic carbocycles. The Hall–Kier alpha value is -2.61. The van der Waals surface area contributed by atoms with Crippen molar-refractivity contribution in [3.63, 3.8) is 0 Å². The number of hydrogen-bond donors (Lipinski definition) is 1. The Morgan fingerprint density at radius 2 is 2.12 bits per heavy atom. The van der Waals surface area contributed by atoms with Gasteiger partial charge in [-0.05, 0) is 36.8 Å². The molecule has 1 aromatic heterocycles. The van der Waals surface area contributed by atoms with Gasteiger partial charge in [0.15, 0.2) is 0 Å². The third kappa shape index (κ3) is 3.50. The van der Waals surface area contributed by atoms with Gasteiger partial charge in [-0.3, -0.25) is 9.48 Å². The number of hydrogen-bond acceptors (Lipinski definition) is 3. The molecule has 0 amide bonds. The maximum absolute atomic E-state index is 11.4. The van der Waals surface area contributed by atoms with Gasteiger partial charge in [-0.2, -0.15) is 10.4 Å². The van der Waals surface area contributed by atoms with E-state index in [1.807, 2.05) is 28.9 Å². The number of rotatable bonds is 4. The molecule has 0 spiro atoms. The molecule has 0 radical (unpaired) electrons. The fraction of sp³-hybridized carbons (Fsp3) is 0.476. The van der Waals surface area contributed by atoms with E-state index in [-0.39, 0.29) is 17.8 Å². The molecule has 1 heterocycles. The van der Waals surface area contributed by atoms with E-state index in [2.05, 4.69) is 26.8 Å². The van der Waals surface area contributed by atoms with E-state index in [0.29, 0.717) is 12.1 Å². The average Bonchev–Trinajstić information content (AvgIpc) is 2.95. The number of aromatic nitrogens is 2. The Labute approximate surface area is 154 Å². The number of aliphatic carboxylic acids is 1. The average molecular weight is 351 g/mol. The molecule has 136 valence electrons. The minimum atomic E-state index is -0.759. The van der Waals surface area contributed by atoms with Crippen LogP contribution >= 0.6 is 0 Å². The molecule has 2 aromatic rings. The van der Waals surface area contributed by atoms with E-state index < -0.39 is 5.97 Å². The van der Waals surface area contributed by atoms with Gasteiger partial charge in [-0.15, -0.1) is 0 Å². The summed E-state index contributed by atoms with van der Waals surface area (Å²) in [4.78, 5) is 11.4. The summed E-state index contributed by atoms with van der Waals surface area (Å²) in [6.45, 7) is 6.91. The first kappa shape index (κ1) is 18.2. The molecule has 26 heavy (non-hydrogen) atoms. The number of carbonyl (C=O) groups is 1. The highest BCUT2D eigenvalue weighted by atomic mass is 16.4. The number of fused-ring (bicyclic) bond motifs is 1. The maximum atomic E-state index is 11.4. The van der Waals surface area contributed by atoms with Crippen molar-refractivity contribution in [3.8, 4) is 6.07 Å². The predicted molar refractivity (Wildman–Crippen MR) is 99.1 cm³/mol. The summed E-state index contributed by atoms with van der Waals surface area (Å²) < 4.78 is 2.00. The van der Waals surface area contributed by atoms with Crippen molar-refractivity contribution in [2.24, 2.45) is 0 Å².